The van der Waals surface area contributed by atoms with Gasteiger partial charge in [0.25, 0.3) is 0 Å². The summed E-state index contributed by atoms with van der Waals surface area (Å²) in [6.45, 7) is 14.0. The highest BCUT2D eigenvalue weighted by atomic mass is 28.4. The molecular weight excluding hydrogens is 362 g/mol. The van der Waals surface area contributed by atoms with Gasteiger partial charge in [-0.15, -0.1) is 0 Å². The van der Waals surface area contributed by atoms with E-state index in [-0.39, 0.29) is 12.1 Å². The van der Waals surface area contributed by atoms with Crippen LogP contribution in [0.15, 0.2) is 12.7 Å². The van der Waals surface area contributed by atoms with Gasteiger partial charge in [0.15, 0.2) is 0 Å². The molecule has 0 aromatic rings. The first kappa shape index (κ1) is 22.6. The average Bonchev–Trinajstić information content (AvgIpc) is 2.63. The second kappa shape index (κ2) is 11.3. The Labute approximate surface area is 165 Å². The van der Waals surface area contributed by atoms with Crippen molar-refractivity contribution in [2.75, 3.05) is 46.0 Å². The molecule has 2 bridgehead atoms. The number of unbranched alkanes of at least 4 members (excludes halogenated alkanes) is 2. The second-order valence-electron chi connectivity index (χ2n) is 7.79. The van der Waals surface area contributed by atoms with Crippen molar-refractivity contribution < 1.29 is 27.3 Å². The fourth-order valence-electron chi connectivity index (χ4n) is 4.03. The minimum Gasteiger partial charge on any atom is -0.463 e. The molecule has 3 heterocycles. The van der Waals surface area contributed by atoms with Gasteiger partial charge in [0.05, 0.1) is 32.5 Å². The number of carbonyl (C=O) groups excluding carboxylic acids is 1. The van der Waals surface area contributed by atoms with Crippen molar-refractivity contribution in [3.8, 4) is 0 Å². The summed E-state index contributed by atoms with van der Waals surface area (Å²) >= 11 is 0. The Morgan fingerprint density at radius 3 is 2.52 bits per heavy atom. The third kappa shape index (κ3) is 6.98. The summed E-state index contributed by atoms with van der Waals surface area (Å²) in [6.07, 6.45) is 7.94. The van der Waals surface area contributed by atoms with Crippen LogP contribution < -0.4 is 0 Å². The minimum atomic E-state index is -2.71. The van der Waals surface area contributed by atoms with Crippen LogP contribution in [0, 0.1) is 0 Å². The summed E-state index contributed by atoms with van der Waals surface area (Å²) in [4.78, 5) is 11.2. The maximum Gasteiger partial charge on any atom is 0.501 e. The van der Waals surface area contributed by atoms with Gasteiger partial charge in [-0.3, -0.25) is 0 Å². The number of esters is 1. The van der Waals surface area contributed by atoms with Crippen LogP contribution in [0.5, 0.6) is 0 Å². The van der Waals surface area contributed by atoms with Gasteiger partial charge in [-0.2, -0.15) is 0 Å². The van der Waals surface area contributed by atoms with Gasteiger partial charge >= 0.3 is 14.8 Å². The first-order chi connectivity index (χ1) is 13.1. The van der Waals surface area contributed by atoms with Crippen molar-refractivity contribution in [2.45, 2.75) is 64.5 Å². The SMILES string of the molecule is C=CC(=O)OCCC[Si]12OCC[N+](CCCC)(CCO1)CC(CCCC)O2. The molecule has 3 rings (SSSR count). The maximum atomic E-state index is 11.2. The Morgan fingerprint density at radius 2 is 1.89 bits per heavy atom. The highest BCUT2D eigenvalue weighted by Crippen LogP contribution is 2.30. The number of quaternary nitrogens is 1. The molecule has 3 aliphatic heterocycles. The Balaban J connectivity index is 2.04. The smallest absolute Gasteiger partial charge is 0.463 e. The highest BCUT2D eigenvalue weighted by molar-refractivity contribution is 6.60. The summed E-state index contributed by atoms with van der Waals surface area (Å²) in [5.41, 5.74) is 0. The van der Waals surface area contributed by atoms with E-state index in [0.29, 0.717) is 32.3 Å². The van der Waals surface area contributed by atoms with Gasteiger partial charge in [-0.25, -0.2) is 4.79 Å². The molecule has 0 aromatic carbocycles. The molecule has 3 aliphatic rings. The molecule has 0 N–H and O–H groups in total. The first-order valence-electron chi connectivity index (χ1n) is 10.7. The van der Waals surface area contributed by atoms with Crippen LogP contribution in [0.3, 0.4) is 0 Å². The molecule has 1 unspecified atom stereocenters. The second-order valence-corrected chi connectivity index (χ2v) is 10.5. The molecule has 0 spiro atoms. The van der Waals surface area contributed by atoms with E-state index in [2.05, 4.69) is 20.4 Å². The normalized spacial score (nSPS) is 31.0. The van der Waals surface area contributed by atoms with Gasteiger partial charge in [0, 0.05) is 12.1 Å². The minimum absolute atomic E-state index is 0.199. The van der Waals surface area contributed by atoms with Crippen LogP contribution in [0.1, 0.15) is 52.4 Å². The molecule has 0 aliphatic carbocycles. The van der Waals surface area contributed by atoms with Crippen LogP contribution in [0.4, 0.5) is 0 Å². The molecule has 27 heavy (non-hydrogen) atoms. The van der Waals surface area contributed by atoms with Crippen molar-refractivity contribution >= 4 is 14.8 Å². The van der Waals surface area contributed by atoms with Crippen LogP contribution in [0.25, 0.3) is 0 Å². The lowest BCUT2D eigenvalue weighted by Gasteiger charge is -2.48. The predicted molar refractivity (Wildman–Crippen MR) is 107 cm³/mol. The van der Waals surface area contributed by atoms with Crippen LogP contribution in [-0.4, -0.2) is 71.4 Å². The number of hydrogen-bond donors (Lipinski definition) is 0. The van der Waals surface area contributed by atoms with E-state index in [0.717, 1.165) is 30.5 Å². The third-order valence-corrected chi connectivity index (χ3v) is 8.56. The van der Waals surface area contributed by atoms with Crippen molar-refractivity contribution in [2.24, 2.45) is 0 Å². The number of rotatable bonds is 11. The van der Waals surface area contributed by atoms with Crippen molar-refractivity contribution in [1.82, 2.24) is 0 Å². The Bertz CT molecular complexity index is 463. The zero-order chi connectivity index (χ0) is 19.6. The lowest BCUT2D eigenvalue weighted by atomic mass is 10.1. The molecule has 156 valence electrons. The van der Waals surface area contributed by atoms with E-state index in [1.165, 1.54) is 38.3 Å². The number of ether oxygens (including phenoxy) is 1. The maximum absolute atomic E-state index is 11.2. The van der Waals surface area contributed by atoms with Gasteiger partial charge in [0.2, 0.25) is 0 Å². The standard InChI is InChI=1S/C20H38NO5Si/c1-4-7-10-19-18-21(11-8-5-2)12-15-24-27(26-19,25-16-13-21)17-9-14-23-20(22)6-3/h6,19H,3-5,7-18H2,1-2H3/q+1. The van der Waals surface area contributed by atoms with Gasteiger partial charge < -0.3 is 22.5 Å². The van der Waals surface area contributed by atoms with Crippen LogP contribution >= 0.6 is 0 Å². The summed E-state index contributed by atoms with van der Waals surface area (Å²) in [7, 11) is -2.71. The zero-order valence-electron chi connectivity index (χ0n) is 17.2. The lowest BCUT2D eigenvalue weighted by molar-refractivity contribution is -0.933. The molecule has 3 fully saturated rings. The molecule has 0 amide bonds. The zero-order valence-corrected chi connectivity index (χ0v) is 18.2. The average molecular weight is 401 g/mol. The number of hydrogen-bond acceptors (Lipinski definition) is 5. The fraction of sp³-hybridized carbons (Fsp3) is 0.850. The summed E-state index contributed by atoms with van der Waals surface area (Å²) in [5.74, 6) is -0.383. The van der Waals surface area contributed by atoms with Gasteiger partial charge in [0.1, 0.15) is 19.6 Å². The summed E-state index contributed by atoms with van der Waals surface area (Å²) < 4.78 is 25.4. The van der Waals surface area contributed by atoms with Crippen molar-refractivity contribution in [3.05, 3.63) is 12.7 Å². The van der Waals surface area contributed by atoms with Crippen LogP contribution in [0.2, 0.25) is 6.04 Å². The molecule has 1 atom stereocenters. The van der Waals surface area contributed by atoms with E-state index in [1.54, 1.807) is 0 Å². The monoisotopic (exact) mass is 400 g/mol. The van der Waals surface area contributed by atoms with E-state index < -0.39 is 8.80 Å². The van der Waals surface area contributed by atoms with E-state index in [9.17, 15) is 4.79 Å². The molecule has 7 heteroatoms. The molecule has 3 saturated heterocycles. The Kier molecular flexibility index (Phi) is 9.45. The lowest BCUT2D eigenvalue weighted by Crippen LogP contribution is -2.65. The quantitative estimate of drug-likeness (QED) is 0.175. The largest absolute Gasteiger partial charge is 0.501 e. The molecule has 6 nitrogen and oxygen atoms in total. The molecular formula is C20H38NO5Si+. The molecule has 0 saturated carbocycles. The number of nitrogens with zero attached hydrogens (tertiary/aromatic N) is 1. The Hall–Kier alpha value is -0.733. The highest BCUT2D eigenvalue weighted by Gasteiger charge is 2.49. The van der Waals surface area contributed by atoms with E-state index in [4.69, 9.17) is 18.0 Å². The van der Waals surface area contributed by atoms with Crippen LogP contribution in [-0.2, 0) is 22.8 Å². The van der Waals surface area contributed by atoms with Gasteiger partial charge in [-0.1, -0.05) is 39.7 Å². The van der Waals surface area contributed by atoms with E-state index >= 15 is 0 Å². The topological polar surface area (TPSA) is 54.0 Å². The fourth-order valence-corrected chi connectivity index (χ4v) is 6.74. The van der Waals surface area contributed by atoms with Crippen molar-refractivity contribution in [3.63, 3.8) is 0 Å². The third-order valence-electron chi connectivity index (χ3n) is 5.62. The first-order valence-corrected chi connectivity index (χ1v) is 12.6. The number of carbonyl (C=O) groups is 1. The Morgan fingerprint density at radius 1 is 1.19 bits per heavy atom. The van der Waals surface area contributed by atoms with Gasteiger partial charge in [-0.05, 0) is 19.3 Å². The van der Waals surface area contributed by atoms with E-state index in [1.807, 2.05) is 0 Å². The van der Waals surface area contributed by atoms with Crippen molar-refractivity contribution in [1.29, 1.82) is 0 Å². The molecule has 0 radical (unpaired) electrons. The number of fused-ring (bicyclic) bond motifs is 6. The predicted octanol–water partition coefficient (Wildman–Crippen LogP) is 3.30. The molecule has 0 aromatic heterocycles. The summed E-state index contributed by atoms with van der Waals surface area (Å²) in [5, 5.41) is 0. The summed E-state index contributed by atoms with van der Waals surface area (Å²) in [6, 6.07) is 0.703.